The maximum atomic E-state index is 13.4. The van der Waals surface area contributed by atoms with Gasteiger partial charge in [-0.1, -0.05) is 12.1 Å². The molecule has 0 radical (unpaired) electrons. The van der Waals surface area contributed by atoms with Crippen LogP contribution in [0.25, 0.3) is 10.6 Å². The standard InChI is InChI=1S/C20H15F4N3O2S/c1-11(28)25-14-5-6-17(16(8-14)20(22,23)24)27-18(29)9-15-10-30-19(26-15)12-3-2-4-13(21)7-12/h2-8,10H,9H2,1H3,(H,25,28)(H,27,29). The molecule has 2 N–H and O–H groups in total. The summed E-state index contributed by atoms with van der Waals surface area (Å²) in [5, 5.41) is 6.59. The highest BCUT2D eigenvalue weighted by Crippen LogP contribution is 2.36. The normalized spacial score (nSPS) is 11.2. The van der Waals surface area contributed by atoms with Crippen molar-refractivity contribution in [3.63, 3.8) is 0 Å². The van der Waals surface area contributed by atoms with Crippen molar-refractivity contribution in [2.75, 3.05) is 10.6 Å². The zero-order valence-corrected chi connectivity index (χ0v) is 16.3. The molecule has 0 aliphatic rings. The first-order chi connectivity index (χ1) is 14.1. The predicted molar refractivity (Wildman–Crippen MR) is 106 cm³/mol. The molecule has 1 aromatic heterocycles. The summed E-state index contributed by atoms with van der Waals surface area (Å²) in [5.41, 5.74) is -0.658. The van der Waals surface area contributed by atoms with Crippen molar-refractivity contribution in [1.29, 1.82) is 0 Å². The second-order valence-corrected chi connectivity index (χ2v) is 7.18. The Bertz CT molecular complexity index is 1100. The maximum Gasteiger partial charge on any atom is 0.418 e. The van der Waals surface area contributed by atoms with Gasteiger partial charge in [0.2, 0.25) is 11.8 Å². The highest BCUT2D eigenvalue weighted by molar-refractivity contribution is 7.13. The van der Waals surface area contributed by atoms with Gasteiger partial charge in [-0.05, 0) is 30.3 Å². The number of anilines is 2. The molecule has 30 heavy (non-hydrogen) atoms. The fraction of sp³-hybridized carbons (Fsp3) is 0.150. The van der Waals surface area contributed by atoms with Gasteiger partial charge in [0, 0.05) is 23.6 Å². The van der Waals surface area contributed by atoms with Gasteiger partial charge < -0.3 is 10.6 Å². The number of hydrogen-bond acceptors (Lipinski definition) is 4. The third-order valence-electron chi connectivity index (χ3n) is 3.88. The van der Waals surface area contributed by atoms with Gasteiger partial charge in [-0.2, -0.15) is 13.2 Å². The third-order valence-corrected chi connectivity index (χ3v) is 4.82. The molecule has 2 amide bonds. The number of rotatable bonds is 5. The van der Waals surface area contributed by atoms with Crippen molar-refractivity contribution in [3.05, 3.63) is 64.9 Å². The Morgan fingerprint density at radius 3 is 2.53 bits per heavy atom. The Morgan fingerprint density at radius 1 is 1.10 bits per heavy atom. The molecule has 0 aliphatic heterocycles. The molecule has 0 atom stereocenters. The summed E-state index contributed by atoms with van der Waals surface area (Å²) in [6.07, 6.45) is -4.99. The topological polar surface area (TPSA) is 71.1 Å². The molecule has 5 nitrogen and oxygen atoms in total. The second kappa shape index (κ2) is 8.62. The van der Waals surface area contributed by atoms with E-state index in [0.717, 1.165) is 12.1 Å². The van der Waals surface area contributed by atoms with Crippen LogP contribution in [0, 0.1) is 5.82 Å². The van der Waals surface area contributed by atoms with Crippen molar-refractivity contribution in [1.82, 2.24) is 4.98 Å². The molecular weight excluding hydrogens is 422 g/mol. The van der Waals surface area contributed by atoms with Crippen LogP contribution >= 0.6 is 11.3 Å². The van der Waals surface area contributed by atoms with Gasteiger partial charge in [0.05, 0.1) is 23.4 Å². The van der Waals surface area contributed by atoms with Gasteiger partial charge in [-0.15, -0.1) is 11.3 Å². The first-order valence-electron chi connectivity index (χ1n) is 8.61. The number of aromatic nitrogens is 1. The van der Waals surface area contributed by atoms with Gasteiger partial charge in [-0.25, -0.2) is 9.37 Å². The van der Waals surface area contributed by atoms with Crippen LogP contribution in [0.5, 0.6) is 0 Å². The number of carbonyl (C=O) groups is 2. The maximum absolute atomic E-state index is 13.4. The summed E-state index contributed by atoms with van der Waals surface area (Å²) >= 11 is 1.20. The lowest BCUT2D eigenvalue weighted by Crippen LogP contribution is -2.19. The number of carbonyl (C=O) groups excluding carboxylic acids is 2. The Balaban J connectivity index is 1.75. The summed E-state index contributed by atoms with van der Waals surface area (Å²) in [6, 6.07) is 8.87. The summed E-state index contributed by atoms with van der Waals surface area (Å²) in [5.74, 6) is -1.63. The van der Waals surface area contributed by atoms with Crippen LogP contribution in [0.2, 0.25) is 0 Å². The Hall–Kier alpha value is -3.27. The van der Waals surface area contributed by atoms with E-state index in [0.29, 0.717) is 16.3 Å². The average Bonchev–Trinajstić information content (AvgIpc) is 3.10. The number of alkyl halides is 3. The molecular formula is C20H15F4N3O2S. The number of amides is 2. The number of thiazole rings is 1. The lowest BCUT2D eigenvalue weighted by molar-refractivity contribution is -0.137. The van der Waals surface area contributed by atoms with E-state index in [1.165, 1.54) is 42.5 Å². The Kier molecular flexibility index (Phi) is 6.16. The first kappa shape index (κ1) is 21.4. The summed E-state index contributed by atoms with van der Waals surface area (Å²) in [7, 11) is 0. The van der Waals surface area contributed by atoms with Crippen LogP contribution < -0.4 is 10.6 Å². The molecule has 3 aromatic rings. The molecule has 1 heterocycles. The fourth-order valence-electron chi connectivity index (χ4n) is 2.67. The molecule has 10 heteroatoms. The van der Waals surface area contributed by atoms with Gasteiger partial charge >= 0.3 is 6.18 Å². The van der Waals surface area contributed by atoms with Crippen molar-refractivity contribution < 1.29 is 27.2 Å². The molecule has 0 aliphatic carbocycles. The molecule has 0 bridgehead atoms. The second-order valence-electron chi connectivity index (χ2n) is 6.32. The number of hydrogen-bond donors (Lipinski definition) is 2. The fourth-order valence-corrected chi connectivity index (χ4v) is 3.49. The molecule has 0 saturated heterocycles. The molecule has 0 saturated carbocycles. The van der Waals surface area contributed by atoms with Crippen molar-refractivity contribution in [2.24, 2.45) is 0 Å². The van der Waals surface area contributed by atoms with Crippen LogP contribution in [0.4, 0.5) is 28.9 Å². The summed E-state index contributed by atoms with van der Waals surface area (Å²) in [6.45, 7) is 1.18. The zero-order chi connectivity index (χ0) is 21.9. The minimum atomic E-state index is -4.73. The van der Waals surface area contributed by atoms with Crippen LogP contribution in [-0.4, -0.2) is 16.8 Å². The lowest BCUT2D eigenvalue weighted by Gasteiger charge is -2.15. The van der Waals surface area contributed by atoms with Crippen molar-refractivity contribution >= 4 is 34.5 Å². The zero-order valence-electron chi connectivity index (χ0n) is 15.5. The highest BCUT2D eigenvalue weighted by atomic mass is 32.1. The quantitative estimate of drug-likeness (QED) is 0.545. The smallest absolute Gasteiger partial charge is 0.326 e. The Morgan fingerprint density at radius 2 is 1.87 bits per heavy atom. The lowest BCUT2D eigenvalue weighted by atomic mass is 10.1. The van der Waals surface area contributed by atoms with E-state index in [-0.39, 0.29) is 12.1 Å². The minimum Gasteiger partial charge on any atom is -0.326 e. The Labute approximate surface area is 172 Å². The van der Waals surface area contributed by atoms with E-state index in [4.69, 9.17) is 0 Å². The molecule has 0 fully saturated rings. The van der Waals surface area contributed by atoms with Crippen molar-refractivity contribution in [3.8, 4) is 10.6 Å². The summed E-state index contributed by atoms with van der Waals surface area (Å²) in [4.78, 5) is 27.6. The minimum absolute atomic E-state index is 0.0351. The van der Waals surface area contributed by atoms with Gasteiger partial charge in [0.1, 0.15) is 10.8 Å². The third kappa shape index (κ3) is 5.41. The SMILES string of the molecule is CC(=O)Nc1ccc(NC(=O)Cc2csc(-c3cccc(F)c3)n2)c(C(F)(F)F)c1. The molecule has 2 aromatic carbocycles. The number of halogens is 4. The molecule has 3 rings (SSSR count). The van der Waals surface area contributed by atoms with Crippen LogP contribution in [0.3, 0.4) is 0 Å². The number of nitrogens with one attached hydrogen (secondary N) is 2. The average molecular weight is 437 g/mol. The number of nitrogens with zero attached hydrogens (tertiary/aromatic N) is 1. The first-order valence-corrected chi connectivity index (χ1v) is 9.49. The van der Waals surface area contributed by atoms with Crippen molar-refractivity contribution in [2.45, 2.75) is 19.5 Å². The van der Waals surface area contributed by atoms with Crippen LogP contribution in [-0.2, 0) is 22.2 Å². The van der Waals surface area contributed by atoms with Gasteiger partial charge in [-0.3, -0.25) is 9.59 Å². The van der Waals surface area contributed by atoms with E-state index in [1.54, 1.807) is 11.4 Å². The molecule has 156 valence electrons. The predicted octanol–water partition coefficient (Wildman–Crippen LogP) is 5.11. The van der Waals surface area contributed by atoms with E-state index >= 15 is 0 Å². The van der Waals surface area contributed by atoms with Gasteiger partial charge in [0.25, 0.3) is 0 Å². The largest absolute Gasteiger partial charge is 0.418 e. The molecule has 0 spiro atoms. The highest BCUT2D eigenvalue weighted by Gasteiger charge is 2.34. The van der Waals surface area contributed by atoms with E-state index < -0.39 is 35.1 Å². The van der Waals surface area contributed by atoms with E-state index in [2.05, 4.69) is 15.6 Å². The monoisotopic (exact) mass is 437 g/mol. The van der Waals surface area contributed by atoms with Crippen LogP contribution in [0.15, 0.2) is 47.8 Å². The number of benzene rings is 2. The van der Waals surface area contributed by atoms with Crippen LogP contribution in [0.1, 0.15) is 18.2 Å². The summed E-state index contributed by atoms with van der Waals surface area (Å²) < 4.78 is 53.4. The van der Waals surface area contributed by atoms with E-state index in [1.807, 2.05) is 0 Å². The van der Waals surface area contributed by atoms with E-state index in [9.17, 15) is 27.2 Å². The van der Waals surface area contributed by atoms with Gasteiger partial charge in [0.15, 0.2) is 0 Å². The molecule has 0 unspecified atom stereocenters.